The smallest absolute Gasteiger partial charge is 0.329 e. The summed E-state index contributed by atoms with van der Waals surface area (Å²) in [5.41, 5.74) is 1.14. The number of hydrogen-bond donors (Lipinski definition) is 0. The summed E-state index contributed by atoms with van der Waals surface area (Å²) in [5, 5.41) is 0. The van der Waals surface area contributed by atoms with Crippen molar-refractivity contribution in [3.8, 4) is 0 Å². The van der Waals surface area contributed by atoms with Crippen molar-refractivity contribution in [2.45, 2.75) is 52.2 Å². The second kappa shape index (κ2) is 5.88. The topological polar surface area (TPSA) is 46.6 Å². The van der Waals surface area contributed by atoms with E-state index in [1.807, 2.05) is 45.9 Å². The lowest BCUT2D eigenvalue weighted by Gasteiger charge is -2.27. The van der Waals surface area contributed by atoms with E-state index in [0.717, 1.165) is 12.0 Å². The third-order valence-corrected chi connectivity index (χ3v) is 3.46. The lowest BCUT2D eigenvalue weighted by atomic mass is 10.1. The Hall–Kier alpha value is -1.84. The van der Waals surface area contributed by atoms with Crippen molar-refractivity contribution in [1.82, 2.24) is 4.90 Å². The van der Waals surface area contributed by atoms with Crippen molar-refractivity contribution in [1.29, 1.82) is 0 Å². The summed E-state index contributed by atoms with van der Waals surface area (Å²) in [4.78, 5) is 26.5. The summed E-state index contributed by atoms with van der Waals surface area (Å²) in [5.74, 6) is -0.395. The minimum absolute atomic E-state index is 0.0907. The molecule has 1 amide bonds. The average molecular weight is 289 g/mol. The maximum absolute atomic E-state index is 12.6. The zero-order valence-electron chi connectivity index (χ0n) is 13.2. The molecule has 114 valence electrons. The zero-order chi connectivity index (χ0) is 15.6. The first-order valence-electron chi connectivity index (χ1n) is 7.38. The third-order valence-electron chi connectivity index (χ3n) is 3.46. The van der Waals surface area contributed by atoms with Crippen LogP contribution in [0.3, 0.4) is 0 Å². The van der Waals surface area contributed by atoms with Crippen LogP contribution in [0.1, 0.15) is 49.5 Å². The number of carbonyl (C=O) groups is 2. The Balaban J connectivity index is 2.15. The summed E-state index contributed by atoms with van der Waals surface area (Å²) < 4.78 is 5.43. The van der Waals surface area contributed by atoms with E-state index in [1.54, 1.807) is 11.0 Å². The molecule has 0 saturated carbocycles. The minimum atomic E-state index is -0.530. The van der Waals surface area contributed by atoms with Crippen LogP contribution in [0, 0.1) is 6.92 Å². The first-order chi connectivity index (χ1) is 9.78. The predicted octanol–water partition coefficient (Wildman–Crippen LogP) is 2.94. The molecule has 1 atom stereocenters. The van der Waals surface area contributed by atoms with Crippen molar-refractivity contribution in [3.05, 3.63) is 35.4 Å². The standard InChI is InChI=1S/C17H23NO3/c1-12-7-5-8-13(11-12)15(19)18-10-6-9-14(18)16(20)21-17(2,3)4/h5,7-8,11,14H,6,9-10H2,1-4H3/t14-/m1/s1. The molecule has 4 heteroatoms. The Kier molecular flexibility index (Phi) is 4.35. The zero-order valence-corrected chi connectivity index (χ0v) is 13.2. The van der Waals surface area contributed by atoms with Gasteiger partial charge in [0.1, 0.15) is 11.6 Å². The van der Waals surface area contributed by atoms with E-state index in [4.69, 9.17) is 4.74 Å². The number of likely N-dealkylation sites (tertiary alicyclic amines) is 1. The molecular formula is C17H23NO3. The van der Waals surface area contributed by atoms with E-state index in [-0.39, 0.29) is 11.9 Å². The van der Waals surface area contributed by atoms with Crippen LogP contribution in [0.15, 0.2) is 24.3 Å². The van der Waals surface area contributed by atoms with E-state index in [9.17, 15) is 9.59 Å². The Bertz CT molecular complexity index is 545. The number of aryl methyl sites for hydroxylation is 1. The summed E-state index contributed by atoms with van der Waals surface area (Å²) in [6.07, 6.45) is 1.51. The van der Waals surface area contributed by atoms with Crippen LogP contribution in [0.25, 0.3) is 0 Å². The fraction of sp³-hybridized carbons (Fsp3) is 0.529. The normalized spacial score (nSPS) is 18.7. The highest BCUT2D eigenvalue weighted by Crippen LogP contribution is 2.23. The molecule has 0 spiro atoms. The Labute approximate surface area is 126 Å². The fourth-order valence-electron chi connectivity index (χ4n) is 2.57. The van der Waals surface area contributed by atoms with Gasteiger partial charge in [0.15, 0.2) is 0 Å². The van der Waals surface area contributed by atoms with Gasteiger partial charge in [-0.25, -0.2) is 4.79 Å². The molecule has 1 heterocycles. The number of ether oxygens (including phenoxy) is 1. The fourth-order valence-corrected chi connectivity index (χ4v) is 2.57. The molecule has 2 rings (SSSR count). The van der Waals surface area contributed by atoms with Gasteiger partial charge in [-0.2, -0.15) is 0 Å². The largest absolute Gasteiger partial charge is 0.458 e. The molecule has 0 aromatic heterocycles. The summed E-state index contributed by atoms with van der Waals surface area (Å²) in [6, 6.07) is 7.00. The van der Waals surface area contributed by atoms with Crippen LogP contribution in [0.2, 0.25) is 0 Å². The van der Waals surface area contributed by atoms with Crippen molar-refractivity contribution in [2.24, 2.45) is 0 Å². The van der Waals surface area contributed by atoms with Crippen LogP contribution in [0.5, 0.6) is 0 Å². The molecule has 0 aliphatic carbocycles. The molecule has 0 unspecified atom stereocenters. The van der Waals surface area contributed by atoms with Gasteiger partial charge in [-0.3, -0.25) is 4.79 Å². The van der Waals surface area contributed by atoms with Gasteiger partial charge in [-0.1, -0.05) is 17.7 Å². The molecule has 1 aromatic carbocycles. The van der Waals surface area contributed by atoms with Gasteiger partial charge in [0.05, 0.1) is 0 Å². The van der Waals surface area contributed by atoms with E-state index >= 15 is 0 Å². The van der Waals surface area contributed by atoms with Crippen molar-refractivity contribution in [2.75, 3.05) is 6.54 Å². The summed E-state index contributed by atoms with van der Waals surface area (Å²) in [7, 11) is 0. The van der Waals surface area contributed by atoms with E-state index < -0.39 is 11.6 Å². The molecule has 0 bridgehead atoms. The molecule has 4 nitrogen and oxygen atoms in total. The molecule has 0 radical (unpaired) electrons. The number of hydrogen-bond acceptors (Lipinski definition) is 3. The van der Waals surface area contributed by atoms with Gasteiger partial charge < -0.3 is 9.64 Å². The van der Waals surface area contributed by atoms with Crippen molar-refractivity contribution in [3.63, 3.8) is 0 Å². The predicted molar refractivity (Wildman–Crippen MR) is 81.1 cm³/mol. The monoisotopic (exact) mass is 289 g/mol. The van der Waals surface area contributed by atoms with Crippen LogP contribution in [-0.4, -0.2) is 35.0 Å². The maximum Gasteiger partial charge on any atom is 0.329 e. The number of amides is 1. The molecule has 1 aliphatic heterocycles. The summed E-state index contributed by atoms with van der Waals surface area (Å²) in [6.45, 7) is 8.08. The number of esters is 1. The number of rotatable bonds is 2. The van der Waals surface area contributed by atoms with Gasteiger partial charge in [0, 0.05) is 12.1 Å². The van der Waals surface area contributed by atoms with Crippen LogP contribution < -0.4 is 0 Å². The molecule has 1 fully saturated rings. The Morgan fingerprint density at radius 3 is 2.62 bits per heavy atom. The highest BCUT2D eigenvalue weighted by atomic mass is 16.6. The molecule has 0 N–H and O–H groups in total. The van der Waals surface area contributed by atoms with Gasteiger partial charge in [-0.15, -0.1) is 0 Å². The van der Waals surface area contributed by atoms with Crippen LogP contribution in [0.4, 0.5) is 0 Å². The van der Waals surface area contributed by atoms with Crippen LogP contribution >= 0.6 is 0 Å². The van der Waals surface area contributed by atoms with Gasteiger partial charge >= 0.3 is 5.97 Å². The third kappa shape index (κ3) is 3.84. The molecule has 1 saturated heterocycles. The average Bonchev–Trinajstić information content (AvgIpc) is 2.85. The van der Waals surface area contributed by atoms with E-state index in [0.29, 0.717) is 18.5 Å². The maximum atomic E-state index is 12.6. The molecule has 1 aliphatic rings. The lowest BCUT2D eigenvalue weighted by Crippen LogP contribution is -2.43. The molecular weight excluding hydrogens is 266 g/mol. The second-order valence-corrected chi connectivity index (χ2v) is 6.56. The highest BCUT2D eigenvalue weighted by Gasteiger charge is 2.37. The lowest BCUT2D eigenvalue weighted by molar-refractivity contribution is -0.159. The quantitative estimate of drug-likeness (QED) is 0.786. The number of benzene rings is 1. The van der Waals surface area contributed by atoms with Crippen molar-refractivity contribution < 1.29 is 14.3 Å². The van der Waals surface area contributed by atoms with E-state index in [1.165, 1.54) is 0 Å². The second-order valence-electron chi connectivity index (χ2n) is 6.56. The number of carbonyl (C=O) groups excluding carboxylic acids is 2. The summed E-state index contributed by atoms with van der Waals surface area (Å²) >= 11 is 0. The minimum Gasteiger partial charge on any atom is -0.458 e. The van der Waals surface area contributed by atoms with Gasteiger partial charge in [-0.05, 0) is 52.7 Å². The van der Waals surface area contributed by atoms with Crippen LogP contribution in [-0.2, 0) is 9.53 Å². The number of nitrogens with zero attached hydrogens (tertiary/aromatic N) is 1. The van der Waals surface area contributed by atoms with Crippen molar-refractivity contribution >= 4 is 11.9 Å². The highest BCUT2D eigenvalue weighted by molar-refractivity contribution is 5.97. The van der Waals surface area contributed by atoms with E-state index in [2.05, 4.69) is 0 Å². The first-order valence-corrected chi connectivity index (χ1v) is 7.38. The first kappa shape index (κ1) is 15.5. The molecule has 21 heavy (non-hydrogen) atoms. The Morgan fingerprint density at radius 1 is 1.29 bits per heavy atom. The van der Waals surface area contributed by atoms with Gasteiger partial charge in [0.25, 0.3) is 5.91 Å². The Morgan fingerprint density at radius 2 is 2.00 bits per heavy atom. The van der Waals surface area contributed by atoms with Gasteiger partial charge in [0.2, 0.25) is 0 Å². The SMILES string of the molecule is Cc1cccc(C(=O)N2CCC[C@@H]2C(=O)OC(C)(C)C)c1. The molecule has 1 aromatic rings.